The molecule has 2 aromatic rings. The number of benzene rings is 1. The van der Waals surface area contributed by atoms with E-state index in [4.69, 9.17) is 4.42 Å². The maximum absolute atomic E-state index is 13.1. The Kier molecular flexibility index (Phi) is 5.17. The van der Waals surface area contributed by atoms with Crippen molar-refractivity contribution in [3.8, 4) is 0 Å². The van der Waals surface area contributed by atoms with Crippen LogP contribution >= 0.6 is 0 Å². The summed E-state index contributed by atoms with van der Waals surface area (Å²) in [6.45, 7) is 3.88. The third-order valence-electron chi connectivity index (χ3n) is 2.84. The monoisotopic (exact) mass is 281 g/mol. The predicted octanol–water partition coefficient (Wildman–Crippen LogP) is 2.48. The van der Waals surface area contributed by atoms with Gasteiger partial charge >= 0.3 is 0 Å². The minimum atomic E-state index is -0.868. The number of aryl methyl sites for hydroxylation is 1. The van der Waals surface area contributed by atoms with E-state index in [1.807, 2.05) is 6.92 Å². The summed E-state index contributed by atoms with van der Waals surface area (Å²) in [6.07, 6.45) is 1.93. The van der Waals surface area contributed by atoms with E-state index >= 15 is 0 Å². The highest BCUT2D eigenvalue weighted by Gasteiger charge is 2.09. The Morgan fingerprint density at radius 1 is 1.15 bits per heavy atom. The Morgan fingerprint density at radius 3 is 2.70 bits per heavy atom. The molecule has 1 N–H and O–H groups in total. The van der Waals surface area contributed by atoms with Gasteiger partial charge in [-0.25, -0.2) is 8.78 Å². The normalized spacial score (nSPS) is 10.9. The van der Waals surface area contributed by atoms with Gasteiger partial charge in [-0.15, -0.1) is 10.2 Å². The fourth-order valence-corrected chi connectivity index (χ4v) is 1.83. The molecule has 0 saturated heterocycles. The lowest BCUT2D eigenvalue weighted by Gasteiger charge is -1.99. The van der Waals surface area contributed by atoms with Gasteiger partial charge in [0, 0.05) is 6.42 Å². The van der Waals surface area contributed by atoms with Gasteiger partial charge in [-0.3, -0.25) is 0 Å². The molecule has 6 heteroatoms. The van der Waals surface area contributed by atoms with Crippen molar-refractivity contribution < 1.29 is 13.2 Å². The summed E-state index contributed by atoms with van der Waals surface area (Å²) in [5.74, 6) is -0.744. The van der Waals surface area contributed by atoms with Crippen molar-refractivity contribution in [2.45, 2.75) is 26.2 Å². The Bertz CT molecular complexity index is 557. The van der Waals surface area contributed by atoms with Crippen LogP contribution in [0.4, 0.5) is 8.78 Å². The van der Waals surface area contributed by atoms with Gasteiger partial charge < -0.3 is 9.73 Å². The number of aromatic nitrogens is 2. The summed E-state index contributed by atoms with van der Waals surface area (Å²) in [5.41, 5.74) is 0.603. The van der Waals surface area contributed by atoms with Crippen LogP contribution in [0.5, 0.6) is 0 Å². The number of rotatable bonds is 7. The Labute approximate surface area is 116 Å². The fourth-order valence-electron chi connectivity index (χ4n) is 1.83. The Balaban J connectivity index is 1.90. The van der Waals surface area contributed by atoms with E-state index in [9.17, 15) is 8.78 Å². The van der Waals surface area contributed by atoms with Crippen molar-refractivity contribution >= 4 is 0 Å². The van der Waals surface area contributed by atoms with Crippen LogP contribution in [-0.4, -0.2) is 23.3 Å². The van der Waals surface area contributed by atoms with Gasteiger partial charge in [0.15, 0.2) is 11.6 Å². The second-order valence-electron chi connectivity index (χ2n) is 4.47. The van der Waals surface area contributed by atoms with Crippen molar-refractivity contribution in [3.63, 3.8) is 0 Å². The van der Waals surface area contributed by atoms with E-state index in [0.717, 1.165) is 31.6 Å². The average molecular weight is 281 g/mol. The van der Waals surface area contributed by atoms with E-state index in [-0.39, 0.29) is 0 Å². The maximum atomic E-state index is 13.1. The smallest absolute Gasteiger partial charge is 0.220 e. The number of nitrogens with zero attached hydrogens (tertiary/aromatic N) is 2. The van der Waals surface area contributed by atoms with E-state index < -0.39 is 11.6 Å². The van der Waals surface area contributed by atoms with Crippen LogP contribution in [0, 0.1) is 11.6 Å². The molecular formula is C14H17F2N3O. The number of halogens is 2. The van der Waals surface area contributed by atoms with Gasteiger partial charge in [0.05, 0.1) is 6.42 Å². The highest BCUT2D eigenvalue weighted by Crippen LogP contribution is 2.13. The Hall–Kier alpha value is -1.82. The molecule has 0 aliphatic heterocycles. The largest absolute Gasteiger partial charge is 0.425 e. The summed E-state index contributed by atoms with van der Waals surface area (Å²) < 4.78 is 31.4. The second kappa shape index (κ2) is 7.09. The van der Waals surface area contributed by atoms with Crippen LogP contribution in [-0.2, 0) is 12.8 Å². The molecule has 0 aliphatic carbocycles. The minimum Gasteiger partial charge on any atom is -0.425 e. The highest BCUT2D eigenvalue weighted by molar-refractivity contribution is 5.20. The first-order valence-corrected chi connectivity index (χ1v) is 6.65. The van der Waals surface area contributed by atoms with Crippen LogP contribution in [0.1, 0.15) is 30.7 Å². The van der Waals surface area contributed by atoms with Crippen molar-refractivity contribution in [2.24, 2.45) is 0 Å². The lowest BCUT2D eigenvalue weighted by atomic mass is 10.1. The molecule has 0 atom stereocenters. The molecule has 0 amide bonds. The summed E-state index contributed by atoms with van der Waals surface area (Å²) >= 11 is 0. The van der Waals surface area contributed by atoms with Gasteiger partial charge in [0.1, 0.15) is 0 Å². The predicted molar refractivity (Wildman–Crippen MR) is 70.3 cm³/mol. The maximum Gasteiger partial charge on any atom is 0.220 e. The molecule has 2 rings (SSSR count). The Morgan fingerprint density at radius 2 is 1.95 bits per heavy atom. The zero-order chi connectivity index (χ0) is 14.4. The van der Waals surface area contributed by atoms with Gasteiger partial charge in [-0.1, -0.05) is 13.0 Å². The summed E-state index contributed by atoms with van der Waals surface area (Å²) in [4.78, 5) is 0. The lowest BCUT2D eigenvalue weighted by molar-refractivity contribution is 0.449. The first kappa shape index (κ1) is 14.6. The third-order valence-corrected chi connectivity index (χ3v) is 2.84. The molecule has 1 aromatic heterocycles. The topological polar surface area (TPSA) is 51.0 Å². The molecule has 1 aromatic carbocycles. The van der Waals surface area contributed by atoms with Gasteiger partial charge in [0.2, 0.25) is 11.8 Å². The molecule has 4 nitrogen and oxygen atoms in total. The molecule has 0 fully saturated rings. The van der Waals surface area contributed by atoms with Crippen LogP contribution in [0.3, 0.4) is 0 Å². The summed E-state index contributed by atoms with van der Waals surface area (Å²) in [7, 11) is 0. The fraction of sp³-hybridized carbons (Fsp3) is 0.429. The van der Waals surface area contributed by atoms with E-state index in [1.54, 1.807) is 0 Å². The number of hydrogen-bond donors (Lipinski definition) is 1. The molecule has 20 heavy (non-hydrogen) atoms. The summed E-state index contributed by atoms with van der Waals surface area (Å²) in [6, 6.07) is 3.75. The molecule has 108 valence electrons. The molecule has 1 heterocycles. The number of nitrogens with one attached hydrogen (secondary N) is 1. The molecule has 0 unspecified atom stereocenters. The standard InChI is InChI=1S/C14H17F2N3O/c1-2-17-7-3-4-13-18-19-14(20-13)9-10-5-6-11(15)12(16)8-10/h5-6,8,17H,2-4,7,9H2,1H3. The van der Waals surface area contributed by atoms with Crippen LogP contribution in [0.15, 0.2) is 22.6 Å². The van der Waals surface area contributed by atoms with Crippen molar-refractivity contribution in [3.05, 3.63) is 47.2 Å². The molecule has 0 radical (unpaired) electrons. The minimum absolute atomic E-state index is 0.303. The third kappa shape index (κ3) is 4.09. The molecule has 0 aliphatic rings. The second-order valence-corrected chi connectivity index (χ2v) is 4.47. The molecule has 0 spiro atoms. The van der Waals surface area contributed by atoms with E-state index in [1.165, 1.54) is 6.07 Å². The molecule has 0 saturated carbocycles. The van der Waals surface area contributed by atoms with E-state index in [0.29, 0.717) is 30.2 Å². The van der Waals surface area contributed by atoms with Crippen LogP contribution < -0.4 is 5.32 Å². The zero-order valence-electron chi connectivity index (χ0n) is 11.3. The molecular weight excluding hydrogens is 264 g/mol. The van der Waals surface area contributed by atoms with Gasteiger partial charge in [0.25, 0.3) is 0 Å². The van der Waals surface area contributed by atoms with Crippen molar-refractivity contribution in [2.75, 3.05) is 13.1 Å². The van der Waals surface area contributed by atoms with Crippen molar-refractivity contribution in [1.29, 1.82) is 0 Å². The number of hydrogen-bond acceptors (Lipinski definition) is 4. The highest BCUT2D eigenvalue weighted by atomic mass is 19.2. The average Bonchev–Trinajstić information content (AvgIpc) is 2.87. The van der Waals surface area contributed by atoms with Crippen LogP contribution in [0.25, 0.3) is 0 Å². The van der Waals surface area contributed by atoms with Crippen LogP contribution in [0.2, 0.25) is 0 Å². The molecule has 0 bridgehead atoms. The SMILES string of the molecule is CCNCCCc1nnc(Cc2ccc(F)c(F)c2)o1. The summed E-state index contributed by atoms with van der Waals surface area (Å²) in [5, 5.41) is 11.1. The zero-order valence-corrected chi connectivity index (χ0v) is 11.3. The van der Waals surface area contributed by atoms with Gasteiger partial charge in [-0.2, -0.15) is 0 Å². The first-order chi connectivity index (χ1) is 9.69. The van der Waals surface area contributed by atoms with Crippen molar-refractivity contribution in [1.82, 2.24) is 15.5 Å². The first-order valence-electron chi connectivity index (χ1n) is 6.65. The lowest BCUT2D eigenvalue weighted by Crippen LogP contribution is -2.14. The van der Waals surface area contributed by atoms with E-state index in [2.05, 4.69) is 15.5 Å². The van der Waals surface area contributed by atoms with Gasteiger partial charge in [-0.05, 0) is 37.2 Å². The quantitative estimate of drug-likeness (QED) is 0.792.